The van der Waals surface area contributed by atoms with Crippen molar-refractivity contribution in [3.63, 3.8) is 0 Å². The number of ether oxygens (including phenoxy) is 3. The molecule has 1 amide bonds. The molecule has 0 aliphatic rings. The molecule has 0 aromatic heterocycles. The van der Waals surface area contributed by atoms with Crippen LogP contribution in [0, 0.1) is 0 Å². The Morgan fingerprint density at radius 3 is 2.14 bits per heavy atom. The maximum Gasteiger partial charge on any atom is 0.272 e. The minimum atomic E-state index is -0.506. The first-order valence-corrected chi connectivity index (χ1v) is 6.57. The van der Waals surface area contributed by atoms with Gasteiger partial charge in [0, 0.05) is 6.07 Å². The predicted molar refractivity (Wildman–Crippen MR) is 83.2 cm³/mol. The average molecular weight is 302 g/mol. The normalized spacial score (nSPS) is 10.0. The third kappa shape index (κ3) is 2.68. The molecule has 0 fully saturated rings. The fourth-order valence-corrected chi connectivity index (χ4v) is 2.30. The molecule has 3 N–H and O–H groups in total. The Morgan fingerprint density at radius 1 is 1.00 bits per heavy atom. The van der Waals surface area contributed by atoms with E-state index in [2.05, 4.69) is 5.43 Å². The Morgan fingerprint density at radius 2 is 1.64 bits per heavy atom. The van der Waals surface area contributed by atoms with E-state index < -0.39 is 5.91 Å². The third-order valence-electron chi connectivity index (χ3n) is 3.27. The predicted octanol–water partition coefficient (Wildman–Crippen LogP) is 1.98. The second-order valence-electron chi connectivity index (χ2n) is 4.40. The van der Waals surface area contributed by atoms with Crippen molar-refractivity contribution in [3.05, 3.63) is 42.0 Å². The van der Waals surface area contributed by atoms with E-state index in [4.69, 9.17) is 20.1 Å². The van der Waals surface area contributed by atoms with Crippen molar-refractivity contribution in [2.75, 3.05) is 21.3 Å². The smallest absolute Gasteiger partial charge is 0.272 e. The van der Waals surface area contributed by atoms with Crippen LogP contribution in [0.1, 0.15) is 10.4 Å². The van der Waals surface area contributed by atoms with Gasteiger partial charge in [-0.1, -0.05) is 30.3 Å². The van der Waals surface area contributed by atoms with E-state index in [1.54, 1.807) is 13.2 Å². The zero-order chi connectivity index (χ0) is 16.1. The molecular formula is C16H18N2O4. The van der Waals surface area contributed by atoms with Crippen LogP contribution in [-0.2, 0) is 0 Å². The lowest BCUT2D eigenvalue weighted by atomic mass is 9.98. The van der Waals surface area contributed by atoms with Crippen molar-refractivity contribution in [2.45, 2.75) is 0 Å². The number of hydrazine groups is 1. The molecule has 0 atom stereocenters. The van der Waals surface area contributed by atoms with Crippen LogP contribution < -0.4 is 25.5 Å². The molecule has 0 aliphatic heterocycles. The lowest BCUT2D eigenvalue weighted by Gasteiger charge is -2.19. The fraction of sp³-hybridized carbons (Fsp3) is 0.188. The van der Waals surface area contributed by atoms with Crippen molar-refractivity contribution in [1.82, 2.24) is 5.43 Å². The highest BCUT2D eigenvalue weighted by molar-refractivity contribution is 6.03. The SMILES string of the molecule is COc1cc(OC)c(-c2ccccc2)c(OC)c1C(=O)NN. The van der Waals surface area contributed by atoms with Crippen LogP contribution in [0.4, 0.5) is 0 Å². The van der Waals surface area contributed by atoms with Gasteiger partial charge < -0.3 is 14.2 Å². The molecule has 6 nitrogen and oxygen atoms in total. The number of methoxy groups -OCH3 is 3. The number of carbonyl (C=O) groups excluding carboxylic acids is 1. The van der Waals surface area contributed by atoms with Crippen molar-refractivity contribution >= 4 is 5.91 Å². The van der Waals surface area contributed by atoms with Crippen molar-refractivity contribution in [2.24, 2.45) is 5.84 Å². The highest BCUT2D eigenvalue weighted by atomic mass is 16.5. The monoisotopic (exact) mass is 302 g/mol. The first-order chi connectivity index (χ1) is 10.7. The fourth-order valence-electron chi connectivity index (χ4n) is 2.30. The summed E-state index contributed by atoms with van der Waals surface area (Å²) < 4.78 is 16.2. The molecule has 0 saturated carbocycles. The zero-order valence-corrected chi connectivity index (χ0v) is 12.7. The quantitative estimate of drug-likeness (QED) is 0.501. The molecule has 0 aliphatic carbocycles. The van der Waals surface area contributed by atoms with Gasteiger partial charge >= 0.3 is 0 Å². The molecule has 0 spiro atoms. The Kier molecular flexibility index (Phi) is 4.85. The minimum absolute atomic E-state index is 0.215. The van der Waals surface area contributed by atoms with Crippen LogP contribution in [-0.4, -0.2) is 27.2 Å². The number of nitrogens with one attached hydrogen (secondary N) is 1. The van der Waals surface area contributed by atoms with E-state index in [1.807, 2.05) is 30.3 Å². The molecular weight excluding hydrogens is 284 g/mol. The van der Waals surface area contributed by atoms with Gasteiger partial charge in [-0.3, -0.25) is 10.2 Å². The lowest BCUT2D eigenvalue weighted by Crippen LogP contribution is -2.30. The van der Waals surface area contributed by atoms with Gasteiger partial charge in [0.05, 0.1) is 26.9 Å². The van der Waals surface area contributed by atoms with Gasteiger partial charge in [-0.2, -0.15) is 0 Å². The van der Waals surface area contributed by atoms with Crippen LogP contribution >= 0.6 is 0 Å². The largest absolute Gasteiger partial charge is 0.496 e. The first kappa shape index (κ1) is 15.7. The van der Waals surface area contributed by atoms with Gasteiger partial charge in [-0.05, 0) is 5.56 Å². The molecule has 22 heavy (non-hydrogen) atoms. The number of hydrogen-bond donors (Lipinski definition) is 2. The summed E-state index contributed by atoms with van der Waals surface area (Å²) >= 11 is 0. The Hall–Kier alpha value is -2.73. The van der Waals surface area contributed by atoms with Gasteiger partial charge in [0.15, 0.2) is 0 Å². The third-order valence-corrected chi connectivity index (χ3v) is 3.27. The number of hydrogen-bond acceptors (Lipinski definition) is 5. The standard InChI is InChI=1S/C16H18N2O4/c1-20-11-9-12(21-2)14(16(19)18-17)15(22-3)13(11)10-7-5-4-6-8-10/h4-9H,17H2,1-3H3,(H,18,19). The molecule has 2 aromatic carbocycles. The van der Waals surface area contributed by atoms with Gasteiger partial charge in [-0.15, -0.1) is 0 Å². The summed E-state index contributed by atoms with van der Waals surface area (Å²) in [6.45, 7) is 0. The van der Waals surface area contributed by atoms with E-state index in [9.17, 15) is 4.79 Å². The van der Waals surface area contributed by atoms with Gasteiger partial charge in [0.2, 0.25) is 0 Å². The average Bonchev–Trinajstić information content (AvgIpc) is 2.59. The highest BCUT2D eigenvalue weighted by Crippen LogP contribution is 2.45. The van der Waals surface area contributed by atoms with Crippen LogP contribution in [0.5, 0.6) is 17.2 Å². The van der Waals surface area contributed by atoms with Crippen LogP contribution in [0.3, 0.4) is 0 Å². The van der Waals surface area contributed by atoms with E-state index >= 15 is 0 Å². The van der Waals surface area contributed by atoms with E-state index in [1.165, 1.54) is 14.2 Å². The van der Waals surface area contributed by atoms with Crippen molar-refractivity contribution < 1.29 is 19.0 Å². The van der Waals surface area contributed by atoms with Gasteiger partial charge in [-0.25, -0.2) is 5.84 Å². The second kappa shape index (κ2) is 6.82. The summed E-state index contributed by atoms with van der Waals surface area (Å²) in [6.07, 6.45) is 0. The highest BCUT2D eigenvalue weighted by Gasteiger charge is 2.25. The number of amides is 1. The molecule has 0 radical (unpaired) electrons. The summed E-state index contributed by atoms with van der Waals surface area (Å²) in [4.78, 5) is 12.1. The molecule has 0 bridgehead atoms. The zero-order valence-electron chi connectivity index (χ0n) is 12.7. The number of nitrogen functional groups attached to an aromatic ring is 1. The molecule has 0 saturated heterocycles. The lowest BCUT2D eigenvalue weighted by molar-refractivity contribution is 0.0947. The molecule has 6 heteroatoms. The van der Waals surface area contributed by atoms with Crippen LogP contribution in [0.25, 0.3) is 11.1 Å². The summed E-state index contributed by atoms with van der Waals surface area (Å²) in [7, 11) is 4.49. The molecule has 0 heterocycles. The maximum atomic E-state index is 12.1. The molecule has 116 valence electrons. The molecule has 2 aromatic rings. The van der Waals surface area contributed by atoms with Crippen molar-refractivity contribution in [1.29, 1.82) is 0 Å². The first-order valence-electron chi connectivity index (χ1n) is 6.57. The van der Waals surface area contributed by atoms with E-state index in [0.717, 1.165) is 5.56 Å². The van der Waals surface area contributed by atoms with Gasteiger partial charge in [0.25, 0.3) is 5.91 Å². The summed E-state index contributed by atoms with van der Waals surface area (Å²) in [6, 6.07) is 11.1. The number of carbonyl (C=O) groups is 1. The van der Waals surface area contributed by atoms with Crippen molar-refractivity contribution in [3.8, 4) is 28.4 Å². The van der Waals surface area contributed by atoms with Gasteiger partial charge in [0.1, 0.15) is 22.8 Å². The topological polar surface area (TPSA) is 82.8 Å². The van der Waals surface area contributed by atoms with Crippen LogP contribution in [0.15, 0.2) is 36.4 Å². The summed E-state index contributed by atoms with van der Waals surface area (Å²) in [5.41, 5.74) is 3.83. The second-order valence-corrected chi connectivity index (χ2v) is 4.40. The van der Waals surface area contributed by atoms with E-state index in [-0.39, 0.29) is 5.56 Å². The molecule has 2 rings (SSSR count). The van der Waals surface area contributed by atoms with Crippen LogP contribution in [0.2, 0.25) is 0 Å². The summed E-state index contributed by atoms with van der Waals surface area (Å²) in [5.74, 6) is 5.95. The Bertz CT molecular complexity index is 672. The Balaban J connectivity index is 2.84. The number of benzene rings is 2. The number of rotatable bonds is 5. The molecule has 0 unspecified atom stereocenters. The number of nitrogens with two attached hydrogens (primary N) is 1. The maximum absolute atomic E-state index is 12.1. The van der Waals surface area contributed by atoms with E-state index in [0.29, 0.717) is 22.8 Å². The minimum Gasteiger partial charge on any atom is -0.496 e. The summed E-state index contributed by atoms with van der Waals surface area (Å²) in [5, 5.41) is 0. The Labute approximate surface area is 128 Å².